The summed E-state index contributed by atoms with van der Waals surface area (Å²) < 4.78 is 0. The van der Waals surface area contributed by atoms with Gasteiger partial charge in [0.15, 0.2) is 0 Å². The van der Waals surface area contributed by atoms with E-state index in [0.29, 0.717) is 0 Å². The highest BCUT2D eigenvalue weighted by Gasteiger charge is 2.28. The summed E-state index contributed by atoms with van der Waals surface area (Å²) in [6.45, 7) is -0.111. The second-order valence-electron chi connectivity index (χ2n) is 2.10. The summed E-state index contributed by atoms with van der Waals surface area (Å²) in [6.07, 6.45) is 0. The van der Waals surface area contributed by atoms with Gasteiger partial charge in [-0.25, -0.2) is 4.79 Å². The number of hydrogen-bond donors (Lipinski definition) is 3. The molecular formula is C5H5BN2O3. The number of carboxylic acids is 1. The topological polar surface area (TPSA) is 84.6 Å². The van der Waals surface area contributed by atoms with E-state index in [1.165, 1.54) is 0 Å². The Labute approximate surface area is 63.9 Å². The maximum atomic E-state index is 10.3. The smallest absolute Gasteiger partial charge is 0.342 e. The number of carboxylic acid groups (broad SMARTS) is 1. The van der Waals surface area contributed by atoms with Crippen LogP contribution in [0.15, 0.2) is 11.3 Å². The van der Waals surface area contributed by atoms with Gasteiger partial charge < -0.3 is 15.0 Å². The van der Waals surface area contributed by atoms with Crippen molar-refractivity contribution in [2.75, 3.05) is 6.54 Å². The molecule has 0 saturated carbocycles. The lowest BCUT2D eigenvalue weighted by Crippen LogP contribution is -2.24. The maximum absolute atomic E-state index is 10.3. The Hall–Kier alpha value is -1.46. The lowest BCUT2D eigenvalue weighted by Gasteiger charge is -2.09. The van der Waals surface area contributed by atoms with Crippen LogP contribution in [0.25, 0.3) is 0 Å². The molecule has 1 rings (SSSR count). The van der Waals surface area contributed by atoms with Gasteiger partial charge in [0.25, 0.3) is 0 Å². The van der Waals surface area contributed by atoms with Gasteiger partial charge in [0.05, 0.1) is 6.54 Å². The fourth-order valence-corrected chi connectivity index (χ4v) is 0.824. The predicted molar refractivity (Wildman–Crippen MR) is 37.5 cm³/mol. The predicted octanol–water partition coefficient (Wildman–Crippen LogP) is -0.741. The first-order chi connectivity index (χ1) is 5.04. The van der Waals surface area contributed by atoms with Crippen LogP contribution in [0, 0.1) is 5.41 Å². The highest BCUT2D eigenvalue weighted by Crippen LogP contribution is 2.14. The number of nitrogens with one attached hydrogen (secondary N) is 1. The average molecular weight is 152 g/mol. The summed E-state index contributed by atoms with van der Waals surface area (Å²) in [4.78, 5) is 11.2. The van der Waals surface area contributed by atoms with E-state index >= 15 is 0 Å². The van der Waals surface area contributed by atoms with Gasteiger partial charge in [-0.05, 0) is 0 Å². The van der Waals surface area contributed by atoms with Gasteiger partial charge in [-0.15, -0.1) is 0 Å². The number of hydrogen-bond acceptors (Lipinski definition) is 3. The van der Waals surface area contributed by atoms with Crippen molar-refractivity contribution in [1.82, 2.24) is 4.81 Å². The second kappa shape index (κ2) is 2.30. The van der Waals surface area contributed by atoms with Crippen molar-refractivity contribution in [3.05, 3.63) is 11.3 Å². The van der Waals surface area contributed by atoms with Gasteiger partial charge in [0.1, 0.15) is 17.2 Å². The van der Waals surface area contributed by atoms with Gasteiger partial charge in [-0.3, -0.25) is 5.41 Å². The molecule has 2 radical (unpaired) electrons. The summed E-state index contributed by atoms with van der Waals surface area (Å²) in [7, 11) is 5.14. The largest absolute Gasteiger partial charge is 0.509 e. The molecule has 0 spiro atoms. The molecular weight excluding hydrogens is 147 g/mol. The summed E-state index contributed by atoms with van der Waals surface area (Å²) >= 11 is 0. The van der Waals surface area contributed by atoms with Crippen molar-refractivity contribution in [2.24, 2.45) is 0 Å². The van der Waals surface area contributed by atoms with E-state index in [4.69, 9.17) is 23.6 Å². The fraction of sp³-hybridized carbons (Fsp3) is 0.200. The zero-order valence-electron chi connectivity index (χ0n) is 5.53. The quantitative estimate of drug-likeness (QED) is 0.432. The summed E-state index contributed by atoms with van der Waals surface area (Å²) in [6, 6.07) is 0. The monoisotopic (exact) mass is 152 g/mol. The zero-order chi connectivity index (χ0) is 8.59. The Kier molecular flexibility index (Phi) is 1.60. The lowest BCUT2D eigenvalue weighted by molar-refractivity contribution is -0.132. The SMILES string of the molecule is [B]N1CC(O)=C(C(=O)O)C1=N. The molecule has 0 unspecified atom stereocenters. The third-order valence-corrected chi connectivity index (χ3v) is 1.35. The van der Waals surface area contributed by atoms with Crippen molar-refractivity contribution >= 4 is 19.8 Å². The van der Waals surface area contributed by atoms with E-state index in [0.717, 1.165) is 4.81 Å². The molecule has 11 heavy (non-hydrogen) atoms. The molecule has 1 aliphatic heterocycles. The molecule has 6 heteroatoms. The van der Waals surface area contributed by atoms with E-state index in [-0.39, 0.29) is 18.1 Å². The molecule has 3 N–H and O–H groups in total. The van der Waals surface area contributed by atoms with Crippen LogP contribution in [0.5, 0.6) is 0 Å². The number of rotatable bonds is 1. The van der Waals surface area contributed by atoms with Crippen LogP contribution in [-0.2, 0) is 4.79 Å². The Morgan fingerprint density at radius 3 is 2.45 bits per heavy atom. The first-order valence-corrected chi connectivity index (χ1v) is 2.80. The van der Waals surface area contributed by atoms with Gasteiger partial charge in [-0.1, -0.05) is 0 Å². The number of nitrogens with zero attached hydrogens (tertiary/aromatic N) is 1. The molecule has 0 amide bonds. The van der Waals surface area contributed by atoms with Gasteiger partial charge >= 0.3 is 5.97 Å². The molecule has 1 heterocycles. The molecule has 0 bridgehead atoms. The first kappa shape index (κ1) is 7.65. The molecule has 1 aliphatic rings. The Morgan fingerprint density at radius 2 is 2.27 bits per heavy atom. The van der Waals surface area contributed by atoms with Crippen molar-refractivity contribution in [1.29, 1.82) is 5.41 Å². The van der Waals surface area contributed by atoms with Crippen LogP contribution in [0.4, 0.5) is 0 Å². The van der Waals surface area contributed by atoms with Crippen LogP contribution < -0.4 is 0 Å². The van der Waals surface area contributed by atoms with E-state index in [9.17, 15) is 4.79 Å². The van der Waals surface area contributed by atoms with Crippen LogP contribution in [0.1, 0.15) is 0 Å². The molecule has 0 atom stereocenters. The van der Waals surface area contributed by atoms with Crippen LogP contribution >= 0.6 is 0 Å². The second-order valence-corrected chi connectivity index (χ2v) is 2.10. The van der Waals surface area contributed by atoms with Gasteiger partial charge in [-0.2, -0.15) is 0 Å². The molecule has 0 aromatic carbocycles. The minimum atomic E-state index is -1.33. The number of aliphatic hydroxyl groups is 1. The minimum absolute atomic E-state index is 0.111. The third kappa shape index (κ3) is 1.06. The highest BCUT2D eigenvalue weighted by atomic mass is 16.4. The van der Waals surface area contributed by atoms with Crippen LogP contribution in [0.3, 0.4) is 0 Å². The lowest BCUT2D eigenvalue weighted by atomic mass is 10.2. The van der Waals surface area contributed by atoms with Crippen LogP contribution in [0.2, 0.25) is 0 Å². The molecule has 56 valence electrons. The number of amidine groups is 1. The summed E-state index contributed by atoms with van der Waals surface area (Å²) in [5.41, 5.74) is -0.424. The summed E-state index contributed by atoms with van der Waals surface area (Å²) in [5.74, 6) is -2.07. The molecule has 0 saturated heterocycles. The number of aliphatic carboxylic acids is 1. The van der Waals surface area contributed by atoms with Crippen molar-refractivity contribution in [3.8, 4) is 0 Å². The fourth-order valence-electron chi connectivity index (χ4n) is 0.824. The van der Waals surface area contributed by atoms with E-state index < -0.39 is 11.5 Å². The molecule has 0 fully saturated rings. The van der Waals surface area contributed by atoms with E-state index in [2.05, 4.69) is 0 Å². The Bertz CT molecular complexity index is 260. The van der Waals surface area contributed by atoms with Gasteiger partial charge in [0.2, 0.25) is 7.98 Å². The summed E-state index contributed by atoms with van der Waals surface area (Å²) in [5, 5.41) is 24.4. The number of aliphatic hydroxyl groups excluding tert-OH is 1. The number of carbonyl (C=O) groups is 1. The average Bonchev–Trinajstić information content (AvgIpc) is 2.07. The standard InChI is InChI=1S/C5H5BN2O3/c6-8-1-2(9)3(4(8)7)5(10)11/h7,9H,1H2,(H,10,11). The molecule has 0 aromatic heterocycles. The third-order valence-electron chi connectivity index (χ3n) is 1.35. The Morgan fingerprint density at radius 1 is 1.73 bits per heavy atom. The first-order valence-electron chi connectivity index (χ1n) is 2.80. The normalized spacial score (nSPS) is 17.8. The van der Waals surface area contributed by atoms with Gasteiger partial charge in [0, 0.05) is 0 Å². The minimum Gasteiger partial charge on any atom is -0.509 e. The van der Waals surface area contributed by atoms with E-state index in [1.54, 1.807) is 0 Å². The van der Waals surface area contributed by atoms with Crippen molar-refractivity contribution in [3.63, 3.8) is 0 Å². The highest BCUT2D eigenvalue weighted by molar-refractivity contribution is 6.28. The van der Waals surface area contributed by atoms with E-state index in [1.807, 2.05) is 0 Å². The molecule has 5 nitrogen and oxygen atoms in total. The van der Waals surface area contributed by atoms with Crippen molar-refractivity contribution < 1.29 is 15.0 Å². The molecule has 0 aromatic rings. The zero-order valence-corrected chi connectivity index (χ0v) is 5.53. The Balaban J connectivity index is 3.01. The molecule has 0 aliphatic carbocycles. The van der Waals surface area contributed by atoms with Crippen LogP contribution in [-0.4, -0.2) is 41.4 Å². The maximum Gasteiger partial charge on any atom is 0.342 e. The van der Waals surface area contributed by atoms with Crippen molar-refractivity contribution in [2.45, 2.75) is 0 Å².